The van der Waals surface area contributed by atoms with E-state index >= 15 is 0 Å². The number of benzene rings is 4. The smallest absolute Gasteiger partial charge is 0.177 e. The van der Waals surface area contributed by atoms with E-state index in [0.29, 0.717) is 0 Å². The molecule has 0 spiro atoms. The molecule has 0 saturated carbocycles. The molecule has 0 fully saturated rings. The lowest BCUT2D eigenvalue weighted by Gasteiger charge is -2.27. The number of pyridine rings is 2. The maximum atomic E-state index is 7.00. The Labute approximate surface area is 401 Å². The molecule has 0 N–H and O–H groups in total. The molecular weight excluding hydrogens is 817 g/mol. The molecule has 4 aliphatic rings. The molecule has 0 radical (unpaired) electrons. The highest BCUT2D eigenvalue weighted by Crippen LogP contribution is 2.59. The minimum Gasteiger partial charge on any atom is -0.449 e. The summed E-state index contributed by atoms with van der Waals surface area (Å²) in [7, 11) is 0. The van der Waals surface area contributed by atoms with E-state index in [4.69, 9.17) is 14.5 Å². The zero-order chi connectivity index (χ0) is 47.7. The average molecular weight is 885 g/mol. The third-order valence-corrected chi connectivity index (χ3v) is 12.4. The zero-order valence-corrected chi connectivity index (χ0v) is 41.5. The van der Waals surface area contributed by atoms with Gasteiger partial charge in [0.2, 0.25) is 0 Å². The fourth-order valence-electron chi connectivity index (χ4n) is 8.86. The monoisotopic (exact) mass is 885 g/mol. The van der Waals surface area contributed by atoms with Crippen LogP contribution in [0.3, 0.4) is 0 Å². The molecule has 3 heterocycles. The van der Waals surface area contributed by atoms with Crippen molar-refractivity contribution in [1.29, 1.82) is 0 Å². The van der Waals surface area contributed by atoms with Crippen LogP contribution >= 0.6 is 0 Å². The Bertz CT molecular complexity index is 2900. The Morgan fingerprint density at radius 1 is 0.687 bits per heavy atom. The number of hydrogen-bond donors (Lipinski definition) is 0. The van der Waals surface area contributed by atoms with Gasteiger partial charge in [0.1, 0.15) is 0 Å². The largest absolute Gasteiger partial charge is 0.449 e. The van der Waals surface area contributed by atoms with Gasteiger partial charge in [-0.1, -0.05) is 184 Å². The standard InChI is InChI=1S/C49H38N2O2.C9H16.C3H8.C2H6/c1-49(2)39-21-7-6-19-38(39)46-40(49)24-25-45-48(46)53-47-37(20-12-23-44(47)52-45)32-15-10-17-34(27-32)42-29-36(31-13-4-3-5-14-31)30-43(51-42)35-18-11-16-33(28-35)41-22-8-9-26-50-41;1-6-7-8(2)9(3,4)5;1-3-2;1-2/h4,7-18,20-30H,3,5-6,19H2,1-2H3;6-7H,2H2,1,3-5H3;3H2,1-2H3;1-2H3/b;7-6-;;. The van der Waals surface area contributed by atoms with Gasteiger partial charge in [-0.2, -0.15) is 0 Å². The molecular formula is C63H68N2O2. The van der Waals surface area contributed by atoms with Gasteiger partial charge in [-0.05, 0) is 120 Å². The second kappa shape index (κ2) is 21.2. The van der Waals surface area contributed by atoms with Crippen LogP contribution in [-0.4, -0.2) is 9.97 Å². The van der Waals surface area contributed by atoms with Crippen molar-refractivity contribution in [3.8, 4) is 67.9 Å². The quantitative estimate of drug-likeness (QED) is 0.156. The molecule has 0 unspecified atom stereocenters. The first kappa shape index (κ1) is 48.2. The van der Waals surface area contributed by atoms with Gasteiger partial charge in [-0.25, -0.2) is 4.98 Å². The molecule has 4 nitrogen and oxygen atoms in total. The Hall–Kier alpha value is -6.78. The minimum atomic E-state index is -0.0856. The molecule has 0 bridgehead atoms. The van der Waals surface area contributed by atoms with Gasteiger partial charge < -0.3 is 9.47 Å². The van der Waals surface area contributed by atoms with Crippen molar-refractivity contribution in [3.63, 3.8) is 0 Å². The molecule has 3 aliphatic carbocycles. The van der Waals surface area contributed by atoms with Crippen LogP contribution in [0.1, 0.15) is 118 Å². The summed E-state index contributed by atoms with van der Waals surface area (Å²) in [4.78, 5) is 9.91. The number of hydrogen-bond acceptors (Lipinski definition) is 4. The van der Waals surface area contributed by atoms with Crippen molar-refractivity contribution in [1.82, 2.24) is 9.97 Å². The minimum absolute atomic E-state index is 0.0856. The van der Waals surface area contributed by atoms with Gasteiger partial charge in [0.15, 0.2) is 23.0 Å². The van der Waals surface area contributed by atoms with E-state index in [9.17, 15) is 0 Å². The van der Waals surface area contributed by atoms with E-state index in [1.54, 1.807) is 0 Å². The Kier molecular flexibility index (Phi) is 15.3. The lowest BCUT2D eigenvalue weighted by atomic mass is 9.80. The first-order valence-corrected chi connectivity index (χ1v) is 24.3. The van der Waals surface area contributed by atoms with Crippen LogP contribution in [0.4, 0.5) is 0 Å². The number of ether oxygens (including phenoxy) is 2. The van der Waals surface area contributed by atoms with Gasteiger partial charge in [0.05, 0.1) is 17.1 Å². The van der Waals surface area contributed by atoms with Crippen LogP contribution in [0.2, 0.25) is 0 Å². The number of aromatic nitrogens is 2. The van der Waals surface area contributed by atoms with E-state index in [1.807, 2.05) is 63.4 Å². The van der Waals surface area contributed by atoms with Crippen LogP contribution in [0.25, 0.3) is 56.0 Å². The normalized spacial score (nSPS) is 14.8. The van der Waals surface area contributed by atoms with Crippen molar-refractivity contribution in [3.05, 3.63) is 192 Å². The molecule has 0 atom stereocenters. The Morgan fingerprint density at radius 2 is 1.33 bits per heavy atom. The summed E-state index contributed by atoms with van der Waals surface area (Å²) in [5.74, 6) is 3.07. The summed E-state index contributed by atoms with van der Waals surface area (Å²) in [5.41, 5.74) is 16.9. The van der Waals surface area contributed by atoms with Crippen molar-refractivity contribution in [2.75, 3.05) is 0 Å². The van der Waals surface area contributed by atoms with E-state index in [1.165, 1.54) is 39.8 Å². The van der Waals surface area contributed by atoms with Crippen molar-refractivity contribution >= 4 is 11.1 Å². The predicted molar refractivity (Wildman–Crippen MR) is 286 cm³/mol. The van der Waals surface area contributed by atoms with Gasteiger partial charge in [0.25, 0.3) is 0 Å². The molecule has 67 heavy (non-hydrogen) atoms. The zero-order valence-electron chi connectivity index (χ0n) is 41.5. The van der Waals surface area contributed by atoms with E-state index in [0.717, 1.165) is 99.1 Å². The van der Waals surface area contributed by atoms with Crippen LogP contribution in [0, 0.1) is 5.41 Å². The molecule has 0 saturated heterocycles. The van der Waals surface area contributed by atoms with Crippen molar-refractivity contribution in [2.24, 2.45) is 5.41 Å². The highest BCUT2D eigenvalue weighted by molar-refractivity contribution is 5.90. The summed E-state index contributed by atoms with van der Waals surface area (Å²) >= 11 is 0. The van der Waals surface area contributed by atoms with E-state index in [-0.39, 0.29) is 10.8 Å². The highest BCUT2D eigenvalue weighted by atomic mass is 16.6. The summed E-state index contributed by atoms with van der Waals surface area (Å²) in [6.07, 6.45) is 22.7. The Morgan fingerprint density at radius 3 is 1.96 bits per heavy atom. The number of rotatable bonds is 6. The summed E-state index contributed by atoms with van der Waals surface area (Å²) in [5, 5.41) is 0. The third-order valence-electron chi connectivity index (χ3n) is 12.4. The molecule has 4 aromatic carbocycles. The van der Waals surface area contributed by atoms with Crippen LogP contribution < -0.4 is 9.47 Å². The molecule has 2 aromatic heterocycles. The average Bonchev–Trinajstić information content (AvgIpc) is 3.60. The first-order valence-electron chi connectivity index (χ1n) is 24.3. The van der Waals surface area contributed by atoms with Crippen LogP contribution in [-0.2, 0) is 5.41 Å². The third kappa shape index (κ3) is 10.4. The topological polar surface area (TPSA) is 44.2 Å². The van der Waals surface area contributed by atoms with Gasteiger partial charge in [0, 0.05) is 39.4 Å². The van der Waals surface area contributed by atoms with E-state index in [2.05, 4.69) is 175 Å². The summed E-state index contributed by atoms with van der Waals surface area (Å²) in [6.45, 7) is 25.3. The second-order valence-corrected chi connectivity index (χ2v) is 18.7. The fraction of sp³-hybridized carbons (Fsp3) is 0.270. The number of allylic oxidation sites excluding steroid dienone is 11. The number of para-hydroxylation sites is 1. The predicted octanol–water partition coefficient (Wildman–Crippen LogP) is 18.8. The van der Waals surface area contributed by atoms with Gasteiger partial charge in [-0.15, -0.1) is 0 Å². The highest BCUT2D eigenvalue weighted by Gasteiger charge is 2.41. The van der Waals surface area contributed by atoms with Crippen molar-refractivity contribution in [2.45, 2.75) is 107 Å². The molecule has 0 amide bonds. The first-order chi connectivity index (χ1) is 32.4. The van der Waals surface area contributed by atoms with Gasteiger partial charge >= 0.3 is 0 Å². The number of nitrogens with zero attached hydrogens (tertiary/aromatic N) is 2. The molecule has 4 heteroatoms. The fourth-order valence-corrected chi connectivity index (χ4v) is 8.86. The lowest BCUT2D eigenvalue weighted by Crippen LogP contribution is -2.16. The van der Waals surface area contributed by atoms with Crippen LogP contribution in [0.15, 0.2) is 176 Å². The summed E-state index contributed by atoms with van der Waals surface area (Å²) < 4.78 is 13.6. The van der Waals surface area contributed by atoms with Crippen LogP contribution in [0.5, 0.6) is 23.0 Å². The summed E-state index contributed by atoms with van der Waals surface area (Å²) in [6, 6.07) is 38.1. The molecule has 1 aliphatic heterocycles. The molecule has 6 aromatic rings. The number of fused-ring (bicyclic) bond motifs is 5. The maximum Gasteiger partial charge on any atom is 0.177 e. The lowest BCUT2D eigenvalue weighted by molar-refractivity contribution is 0.359. The van der Waals surface area contributed by atoms with E-state index < -0.39 is 0 Å². The van der Waals surface area contributed by atoms with Crippen molar-refractivity contribution < 1.29 is 9.47 Å². The Balaban J connectivity index is 0.000000421. The SMILES string of the molecule is C=C(/C=C\C)C(C)(C)C.CC.CC1(C)C2=C(CCC=C2)c2c1ccc1c2Oc2c(cccc2-c2cccc(-c3cc(C4=CCCC=C4)cc(-c4cccc(-c5ccccn5)c4)n3)c2)O1.CCC. The second-order valence-electron chi connectivity index (χ2n) is 18.7. The van der Waals surface area contributed by atoms with Gasteiger partial charge in [-0.3, -0.25) is 4.98 Å². The molecule has 342 valence electrons. The molecule has 10 rings (SSSR count). The maximum absolute atomic E-state index is 7.00.